The zero-order valence-corrected chi connectivity index (χ0v) is 17.3. The number of Topliss-reactive ketones (excluding diaryl/α,β-unsaturated/α-hetero) is 1. The van der Waals surface area contributed by atoms with E-state index < -0.39 is 30.8 Å². The van der Waals surface area contributed by atoms with Crippen molar-refractivity contribution < 1.29 is 25.6 Å². The molecule has 0 fully saturated rings. The summed E-state index contributed by atoms with van der Waals surface area (Å²) in [7, 11) is 0. The van der Waals surface area contributed by atoms with Crippen molar-refractivity contribution in [3.8, 4) is 11.4 Å². The zero-order valence-electron chi connectivity index (χ0n) is 17.3. The van der Waals surface area contributed by atoms with E-state index in [1.54, 1.807) is 26.1 Å². The van der Waals surface area contributed by atoms with Gasteiger partial charge in [0.25, 0.3) is 5.91 Å². The molecule has 2 aromatic heterocycles. The number of H-pyrrole nitrogens is 1. The lowest BCUT2D eigenvalue weighted by Gasteiger charge is -2.22. The molecule has 0 radical (unpaired) electrons. The Kier molecular flexibility index (Phi) is 7.58. The van der Waals surface area contributed by atoms with Crippen LogP contribution in [0.5, 0.6) is 0 Å². The number of hydrogen-bond acceptors (Lipinski definition) is 5. The highest BCUT2D eigenvalue weighted by atomic mass is 19.4. The van der Waals surface area contributed by atoms with E-state index in [-0.39, 0.29) is 20.7 Å². The lowest BCUT2D eigenvalue weighted by Crippen LogP contribution is -2.35. The molecule has 30 heavy (non-hydrogen) atoms. The number of hydrogen-bond donors (Lipinski definition) is 3. The third-order valence-corrected chi connectivity index (χ3v) is 4.23. The first kappa shape index (κ1) is 23.4. The van der Waals surface area contributed by atoms with E-state index in [0.29, 0.717) is 22.9 Å². The zero-order chi connectivity index (χ0) is 22.5. The summed E-state index contributed by atoms with van der Waals surface area (Å²) in [5.41, 5.74) is 0.917. The van der Waals surface area contributed by atoms with Crippen molar-refractivity contribution in [1.29, 1.82) is 0 Å². The van der Waals surface area contributed by atoms with Gasteiger partial charge in [-0.25, -0.2) is 9.97 Å². The third-order valence-electron chi connectivity index (χ3n) is 4.23. The van der Waals surface area contributed by atoms with E-state index >= 15 is 0 Å². The number of carbonyl (C=O) groups is 2. The van der Waals surface area contributed by atoms with Gasteiger partial charge in [-0.3, -0.25) is 9.59 Å². The highest BCUT2D eigenvalue weighted by Crippen LogP contribution is 2.24. The van der Waals surface area contributed by atoms with E-state index in [0.717, 1.165) is 0 Å². The number of carbonyl (C=O) groups excluding carboxylic acids is 2. The smallest absolute Gasteiger partial charge is 0.360 e. The van der Waals surface area contributed by atoms with Crippen LogP contribution in [0.1, 0.15) is 53.9 Å². The molecule has 2 aromatic rings. The van der Waals surface area contributed by atoms with Crippen molar-refractivity contribution in [3.63, 3.8) is 0 Å². The van der Waals surface area contributed by atoms with Crippen LogP contribution in [0.3, 0.4) is 0 Å². The van der Waals surface area contributed by atoms with Crippen LogP contribution in [-0.4, -0.2) is 44.9 Å². The number of alkyl halides is 3. The Morgan fingerprint density at radius 2 is 1.93 bits per heavy atom. The molecule has 168 valence electrons. The maximum Gasteiger partial charge on any atom is 0.389 e. The molecule has 1 atom stereocenters. The number of halogens is 3. The Bertz CT molecular complexity index is 888. The number of nitrogens with zero attached hydrogens (tertiary/aromatic N) is 2. The fraction of sp³-hybridized carbons (Fsp3) is 0.500. The van der Waals surface area contributed by atoms with Crippen molar-refractivity contribution in [2.24, 2.45) is 5.92 Å². The van der Waals surface area contributed by atoms with Gasteiger partial charge in [0.2, 0.25) is 0 Å². The predicted molar refractivity (Wildman–Crippen MR) is 111 cm³/mol. The minimum absolute atomic E-state index is 0. The first-order valence-corrected chi connectivity index (χ1v) is 9.65. The van der Waals surface area contributed by atoms with Crippen LogP contribution in [0.2, 0.25) is 0 Å². The second-order valence-corrected chi connectivity index (χ2v) is 7.64. The predicted octanol–water partition coefficient (Wildman–Crippen LogP) is 4.45. The molecular formula is C20H30F3N5O2. The van der Waals surface area contributed by atoms with Crippen LogP contribution >= 0.6 is 0 Å². The first-order valence-electron chi connectivity index (χ1n) is 9.65. The molecule has 0 saturated carbocycles. The van der Waals surface area contributed by atoms with Gasteiger partial charge in [0.1, 0.15) is 11.5 Å². The summed E-state index contributed by atoms with van der Waals surface area (Å²) in [4.78, 5) is 35.8. The quantitative estimate of drug-likeness (QED) is 0.547. The molecule has 2 heterocycles. The monoisotopic (exact) mass is 429 g/mol. The van der Waals surface area contributed by atoms with Crippen LogP contribution in [-0.2, 0) is 4.79 Å². The third kappa shape index (κ3) is 6.85. The van der Waals surface area contributed by atoms with Crippen LogP contribution in [0.15, 0.2) is 24.5 Å². The van der Waals surface area contributed by atoms with Crippen LogP contribution < -0.4 is 10.6 Å². The number of aromatic nitrogens is 3. The van der Waals surface area contributed by atoms with E-state index in [9.17, 15) is 22.8 Å². The van der Waals surface area contributed by atoms with Gasteiger partial charge in [0.05, 0.1) is 12.5 Å². The van der Waals surface area contributed by atoms with Crippen molar-refractivity contribution >= 4 is 17.5 Å². The van der Waals surface area contributed by atoms with Crippen molar-refractivity contribution in [3.05, 3.63) is 30.2 Å². The minimum Gasteiger partial charge on any atom is -0.360 e. The van der Waals surface area contributed by atoms with E-state index in [2.05, 4.69) is 25.6 Å². The summed E-state index contributed by atoms with van der Waals surface area (Å²) in [5.74, 6) is -0.404. The van der Waals surface area contributed by atoms with E-state index in [4.69, 9.17) is 0 Å². The van der Waals surface area contributed by atoms with Crippen LogP contribution in [0.25, 0.3) is 11.4 Å². The standard InChI is InChI=1S/C20H26F3N5O2.2H2/c1-11(2)17(15(29)5-7-20(21,22)23)27-16-6-8-24-18(28-16)13-9-14(25-10-13)19(30)26-12(3)4;;/h6,8-12,17,25H,5,7H2,1-4H3,(H,26,30)(H,24,27,28);2*1H/t17-;;/m1../s1. The topological polar surface area (TPSA) is 99.8 Å². The van der Waals surface area contributed by atoms with Gasteiger partial charge in [-0.15, -0.1) is 0 Å². The molecule has 0 aliphatic rings. The summed E-state index contributed by atoms with van der Waals surface area (Å²) < 4.78 is 37.4. The van der Waals surface area contributed by atoms with E-state index in [1.807, 2.05) is 13.8 Å². The molecule has 0 aromatic carbocycles. The van der Waals surface area contributed by atoms with Crippen molar-refractivity contribution in [2.45, 2.75) is 58.8 Å². The summed E-state index contributed by atoms with van der Waals surface area (Å²) in [6.45, 7) is 7.19. The van der Waals surface area contributed by atoms with Crippen LogP contribution in [0, 0.1) is 5.92 Å². The van der Waals surface area contributed by atoms with Gasteiger partial charge in [-0.2, -0.15) is 13.2 Å². The molecule has 0 saturated heterocycles. The maximum absolute atomic E-state index is 12.5. The number of nitrogens with one attached hydrogen (secondary N) is 3. The second kappa shape index (κ2) is 9.73. The Hall–Kier alpha value is -2.91. The average molecular weight is 429 g/mol. The Labute approximate surface area is 175 Å². The summed E-state index contributed by atoms with van der Waals surface area (Å²) >= 11 is 0. The Morgan fingerprint density at radius 3 is 2.53 bits per heavy atom. The fourth-order valence-electron chi connectivity index (χ4n) is 2.77. The normalized spacial score (nSPS) is 12.8. The molecular weight excluding hydrogens is 399 g/mol. The molecule has 7 nitrogen and oxygen atoms in total. The van der Waals surface area contributed by atoms with Gasteiger partial charge < -0.3 is 15.6 Å². The maximum atomic E-state index is 12.5. The lowest BCUT2D eigenvalue weighted by atomic mass is 9.97. The largest absolute Gasteiger partial charge is 0.389 e. The molecule has 10 heteroatoms. The van der Waals surface area contributed by atoms with Gasteiger partial charge >= 0.3 is 6.18 Å². The molecule has 1 amide bonds. The molecule has 3 N–H and O–H groups in total. The van der Waals surface area contributed by atoms with Crippen molar-refractivity contribution in [2.75, 3.05) is 5.32 Å². The Balaban J connectivity index is 0.00000480. The first-order chi connectivity index (χ1) is 14.0. The van der Waals surface area contributed by atoms with Gasteiger partial charge in [0, 0.05) is 33.3 Å². The molecule has 0 spiro atoms. The molecule has 0 bridgehead atoms. The summed E-state index contributed by atoms with van der Waals surface area (Å²) in [6, 6.07) is 2.31. The van der Waals surface area contributed by atoms with Crippen LogP contribution in [0.4, 0.5) is 19.0 Å². The number of amides is 1. The van der Waals surface area contributed by atoms with E-state index in [1.165, 1.54) is 12.3 Å². The highest BCUT2D eigenvalue weighted by Gasteiger charge is 2.31. The number of anilines is 1. The van der Waals surface area contributed by atoms with Gasteiger partial charge in [0.15, 0.2) is 11.6 Å². The molecule has 2 rings (SSSR count). The number of aromatic amines is 1. The second-order valence-electron chi connectivity index (χ2n) is 7.64. The molecule has 0 aliphatic heterocycles. The fourth-order valence-corrected chi connectivity index (χ4v) is 2.77. The van der Waals surface area contributed by atoms with Gasteiger partial charge in [-0.05, 0) is 31.9 Å². The van der Waals surface area contributed by atoms with Gasteiger partial charge in [-0.1, -0.05) is 13.8 Å². The average Bonchev–Trinajstić information content (AvgIpc) is 3.13. The lowest BCUT2D eigenvalue weighted by molar-refractivity contribution is -0.143. The van der Waals surface area contributed by atoms with Crippen molar-refractivity contribution in [1.82, 2.24) is 20.3 Å². The summed E-state index contributed by atoms with van der Waals surface area (Å²) in [6.07, 6.45) is -3.07. The number of ketones is 1. The minimum atomic E-state index is -4.38. The number of rotatable bonds is 9. The SMILES string of the molecule is CC(C)NC(=O)c1cc(-c2nccc(N[C@@H](C(=O)CCC(F)(F)F)C(C)C)n2)c[nH]1.[HH].[HH]. The summed E-state index contributed by atoms with van der Waals surface area (Å²) in [5, 5.41) is 5.69. The molecule has 0 aliphatic carbocycles. The Morgan fingerprint density at radius 1 is 1.23 bits per heavy atom. The molecule has 0 unspecified atom stereocenters. The highest BCUT2D eigenvalue weighted by molar-refractivity contribution is 5.93.